The number of nitrogens with zero attached hydrogens (tertiary/aromatic N) is 2. The van der Waals surface area contributed by atoms with Gasteiger partial charge in [-0.05, 0) is 6.07 Å². The van der Waals surface area contributed by atoms with E-state index in [1.807, 2.05) is 0 Å². The van der Waals surface area contributed by atoms with E-state index in [1.165, 1.54) is 12.5 Å². The first-order chi connectivity index (χ1) is 3.93. The summed E-state index contributed by atoms with van der Waals surface area (Å²) >= 11 is 0. The molecule has 1 aromatic heterocycles. The second-order valence-electron chi connectivity index (χ2n) is 1.28. The van der Waals surface area contributed by atoms with Crippen LogP contribution in [0.15, 0.2) is 18.6 Å². The molecule has 0 saturated heterocycles. The van der Waals surface area contributed by atoms with Gasteiger partial charge in [0, 0.05) is 12.4 Å². The van der Waals surface area contributed by atoms with Gasteiger partial charge in [0.2, 0.25) is 0 Å². The number of rotatable bonds is 1. The zero-order valence-corrected chi connectivity index (χ0v) is 5.43. The van der Waals surface area contributed by atoms with Crippen LogP contribution in [0.5, 0.6) is 0 Å². The van der Waals surface area contributed by atoms with Crippen molar-refractivity contribution in [2.45, 2.75) is 0 Å². The third kappa shape index (κ3) is 2.19. The highest BCUT2D eigenvalue weighted by Crippen LogP contribution is 1.81. The van der Waals surface area contributed by atoms with Crippen LogP contribution in [0.3, 0.4) is 0 Å². The average Bonchev–Trinajstić information content (AvgIpc) is 1.90. The average molecular weight is 144 g/mol. The second-order valence-corrected chi connectivity index (χ2v) is 1.28. The van der Waals surface area contributed by atoms with Gasteiger partial charge in [0.1, 0.15) is 6.33 Å². The number of hydrogen-bond donors (Lipinski definition) is 1. The Morgan fingerprint density at radius 1 is 1.56 bits per heavy atom. The van der Waals surface area contributed by atoms with Crippen molar-refractivity contribution < 1.29 is 0 Å². The van der Waals surface area contributed by atoms with Crippen LogP contribution in [-0.2, 0) is 0 Å². The van der Waals surface area contributed by atoms with Crippen molar-refractivity contribution in [2.75, 3.05) is 0 Å². The second kappa shape index (κ2) is 3.97. The monoisotopic (exact) mass is 143 g/mol. The molecular formula is C5H6ClN3. The Kier molecular flexibility index (Phi) is 3.55. The number of halogens is 1. The van der Waals surface area contributed by atoms with Crippen LogP contribution < -0.4 is 0 Å². The first-order valence-electron chi connectivity index (χ1n) is 2.20. The molecule has 1 rings (SSSR count). The highest BCUT2D eigenvalue weighted by Gasteiger charge is 1.79. The maximum absolute atomic E-state index is 6.73. The van der Waals surface area contributed by atoms with Gasteiger partial charge in [0.15, 0.2) is 0 Å². The lowest BCUT2D eigenvalue weighted by molar-refractivity contribution is 1.15. The summed E-state index contributed by atoms with van der Waals surface area (Å²) in [6, 6.07) is 1.67. The maximum atomic E-state index is 6.73. The lowest BCUT2D eigenvalue weighted by Gasteiger charge is -1.82. The molecule has 0 atom stereocenters. The van der Waals surface area contributed by atoms with Gasteiger partial charge in [0.05, 0.1) is 5.69 Å². The summed E-state index contributed by atoms with van der Waals surface area (Å²) in [6.07, 6.45) is 4.20. The van der Waals surface area contributed by atoms with Crippen molar-refractivity contribution in [3.05, 3.63) is 24.3 Å². The molecule has 0 aliphatic heterocycles. The van der Waals surface area contributed by atoms with Gasteiger partial charge in [-0.2, -0.15) is 0 Å². The van der Waals surface area contributed by atoms with Gasteiger partial charge in [-0.25, -0.2) is 9.97 Å². The standard InChI is InChI=1S/C5H5N3.ClH/c6-3-5-1-2-7-4-8-5;/h1-4,6H;1H. The maximum Gasteiger partial charge on any atom is 0.116 e. The molecule has 0 fully saturated rings. The van der Waals surface area contributed by atoms with E-state index in [0.717, 1.165) is 0 Å². The molecule has 9 heavy (non-hydrogen) atoms. The Labute approximate surface area is 59.1 Å². The van der Waals surface area contributed by atoms with Crippen molar-refractivity contribution in [1.29, 1.82) is 5.41 Å². The summed E-state index contributed by atoms with van der Waals surface area (Å²) < 4.78 is 0. The highest BCUT2D eigenvalue weighted by molar-refractivity contribution is 5.85. The number of nitrogens with one attached hydrogen (secondary N) is 1. The van der Waals surface area contributed by atoms with E-state index >= 15 is 0 Å². The first-order valence-corrected chi connectivity index (χ1v) is 2.20. The fourth-order valence-corrected chi connectivity index (χ4v) is 0.386. The minimum Gasteiger partial charge on any atom is -0.307 e. The zero-order chi connectivity index (χ0) is 5.82. The molecule has 0 radical (unpaired) electrons. The van der Waals surface area contributed by atoms with Crippen molar-refractivity contribution in [2.24, 2.45) is 0 Å². The van der Waals surface area contributed by atoms with Gasteiger partial charge in [-0.15, -0.1) is 12.4 Å². The van der Waals surface area contributed by atoms with Crippen LogP contribution in [0.25, 0.3) is 0 Å². The summed E-state index contributed by atoms with van der Waals surface area (Å²) in [5.41, 5.74) is 0.639. The van der Waals surface area contributed by atoms with Crippen LogP contribution in [-0.4, -0.2) is 16.2 Å². The van der Waals surface area contributed by atoms with E-state index in [9.17, 15) is 0 Å². The van der Waals surface area contributed by atoms with Crippen molar-refractivity contribution >= 4 is 18.6 Å². The third-order valence-electron chi connectivity index (χ3n) is 0.753. The topological polar surface area (TPSA) is 49.6 Å². The normalized spacial score (nSPS) is 7.56. The Morgan fingerprint density at radius 3 is 2.67 bits per heavy atom. The van der Waals surface area contributed by atoms with E-state index < -0.39 is 0 Å². The first kappa shape index (κ1) is 8.04. The predicted octanol–water partition coefficient (Wildman–Crippen LogP) is 0.896. The lowest BCUT2D eigenvalue weighted by atomic mass is 10.4. The SMILES string of the molecule is Cl.N=Cc1ccncn1. The summed E-state index contributed by atoms with van der Waals surface area (Å²) in [6.45, 7) is 0. The van der Waals surface area contributed by atoms with Gasteiger partial charge >= 0.3 is 0 Å². The van der Waals surface area contributed by atoms with E-state index in [1.54, 1.807) is 12.3 Å². The fourth-order valence-electron chi connectivity index (χ4n) is 0.386. The highest BCUT2D eigenvalue weighted by atomic mass is 35.5. The molecule has 4 heteroatoms. The van der Waals surface area contributed by atoms with Crippen LogP contribution >= 0.6 is 12.4 Å². The van der Waals surface area contributed by atoms with E-state index in [4.69, 9.17) is 5.41 Å². The molecule has 1 aromatic rings. The Hall–Kier alpha value is -0.960. The lowest BCUT2D eigenvalue weighted by Crippen LogP contribution is -1.83. The van der Waals surface area contributed by atoms with Gasteiger partial charge in [-0.3, -0.25) is 0 Å². The molecule has 0 unspecified atom stereocenters. The summed E-state index contributed by atoms with van der Waals surface area (Å²) in [5.74, 6) is 0. The Balaban J connectivity index is 0.000000640. The molecule has 3 nitrogen and oxygen atoms in total. The van der Waals surface area contributed by atoms with Crippen LogP contribution in [0.2, 0.25) is 0 Å². The molecule has 0 aromatic carbocycles. The number of aromatic nitrogens is 2. The quantitative estimate of drug-likeness (QED) is 0.594. The molecule has 48 valence electrons. The van der Waals surface area contributed by atoms with Crippen molar-refractivity contribution in [1.82, 2.24) is 9.97 Å². The number of hydrogen-bond acceptors (Lipinski definition) is 3. The predicted molar refractivity (Wildman–Crippen MR) is 37.2 cm³/mol. The van der Waals surface area contributed by atoms with Gasteiger partial charge in [0.25, 0.3) is 0 Å². The van der Waals surface area contributed by atoms with Crippen LogP contribution in [0.1, 0.15) is 5.69 Å². The molecule has 0 bridgehead atoms. The molecule has 1 N–H and O–H groups in total. The minimum absolute atomic E-state index is 0. The molecule has 1 heterocycles. The molecule has 0 saturated carbocycles. The van der Waals surface area contributed by atoms with Gasteiger partial charge in [-0.1, -0.05) is 0 Å². The van der Waals surface area contributed by atoms with Crippen LogP contribution in [0, 0.1) is 5.41 Å². The smallest absolute Gasteiger partial charge is 0.116 e. The molecule has 0 aliphatic rings. The third-order valence-corrected chi connectivity index (χ3v) is 0.753. The van der Waals surface area contributed by atoms with Crippen LogP contribution in [0.4, 0.5) is 0 Å². The zero-order valence-electron chi connectivity index (χ0n) is 4.61. The summed E-state index contributed by atoms with van der Waals surface area (Å²) in [7, 11) is 0. The van der Waals surface area contributed by atoms with E-state index in [2.05, 4.69) is 9.97 Å². The summed E-state index contributed by atoms with van der Waals surface area (Å²) in [4.78, 5) is 7.42. The Morgan fingerprint density at radius 2 is 2.33 bits per heavy atom. The molecule has 0 amide bonds. The van der Waals surface area contributed by atoms with Crippen molar-refractivity contribution in [3.8, 4) is 0 Å². The molecular weight excluding hydrogens is 138 g/mol. The molecule has 0 spiro atoms. The minimum atomic E-state index is 0. The Bertz CT molecular complexity index is 175. The summed E-state index contributed by atoms with van der Waals surface area (Å²) in [5, 5.41) is 6.73. The largest absolute Gasteiger partial charge is 0.307 e. The fraction of sp³-hybridized carbons (Fsp3) is 0. The van der Waals surface area contributed by atoms with Gasteiger partial charge < -0.3 is 5.41 Å². The van der Waals surface area contributed by atoms with E-state index in [0.29, 0.717) is 5.69 Å². The van der Waals surface area contributed by atoms with E-state index in [-0.39, 0.29) is 12.4 Å². The van der Waals surface area contributed by atoms with Crippen molar-refractivity contribution in [3.63, 3.8) is 0 Å². The molecule has 0 aliphatic carbocycles.